The summed E-state index contributed by atoms with van der Waals surface area (Å²) in [6, 6.07) is 8.68. The van der Waals surface area contributed by atoms with Crippen LogP contribution in [-0.2, 0) is 22.8 Å². The molecule has 3 rings (SSSR count). The van der Waals surface area contributed by atoms with Gasteiger partial charge in [0.15, 0.2) is 15.8 Å². The van der Waals surface area contributed by atoms with Crippen LogP contribution in [0.1, 0.15) is 45.7 Å². The normalized spacial score (nSPS) is 21.5. The number of sulfone groups is 1. The number of hydrogen-bond acceptors (Lipinski definition) is 4. The summed E-state index contributed by atoms with van der Waals surface area (Å²) in [6.07, 6.45) is 1.07. The van der Waals surface area contributed by atoms with E-state index in [2.05, 4.69) is 53.2 Å². The van der Waals surface area contributed by atoms with E-state index in [1.807, 2.05) is 20.8 Å². The molecule has 0 bridgehead atoms. The van der Waals surface area contributed by atoms with Gasteiger partial charge in [0.2, 0.25) is 0 Å². The second-order valence-electron chi connectivity index (χ2n) is 9.42. The minimum absolute atomic E-state index is 0. The van der Waals surface area contributed by atoms with E-state index < -0.39 is 14.6 Å². The molecular formula is C22H37IN4O2S. The Morgan fingerprint density at radius 2 is 1.87 bits per heavy atom. The Balaban J connectivity index is 0.00000320. The summed E-state index contributed by atoms with van der Waals surface area (Å²) in [5, 5.41) is 3.37. The van der Waals surface area contributed by atoms with Crippen molar-refractivity contribution in [2.45, 2.75) is 57.9 Å². The van der Waals surface area contributed by atoms with E-state index in [9.17, 15) is 8.42 Å². The lowest BCUT2D eigenvalue weighted by molar-refractivity contribution is 0.111. The van der Waals surface area contributed by atoms with E-state index in [0.717, 1.165) is 32.0 Å². The fourth-order valence-electron chi connectivity index (χ4n) is 4.13. The molecule has 30 heavy (non-hydrogen) atoms. The molecule has 6 nitrogen and oxygen atoms in total. The first-order valence-electron chi connectivity index (χ1n) is 10.6. The lowest BCUT2D eigenvalue weighted by Gasteiger charge is -2.42. The number of nitrogens with one attached hydrogen (secondary N) is 1. The van der Waals surface area contributed by atoms with Crippen molar-refractivity contribution in [3.63, 3.8) is 0 Å². The van der Waals surface area contributed by atoms with E-state index in [0.29, 0.717) is 19.6 Å². The van der Waals surface area contributed by atoms with Crippen LogP contribution < -0.4 is 5.32 Å². The van der Waals surface area contributed by atoms with E-state index in [4.69, 9.17) is 4.99 Å². The minimum Gasteiger partial charge on any atom is -0.357 e. The van der Waals surface area contributed by atoms with Gasteiger partial charge in [0.1, 0.15) is 0 Å². The Labute approximate surface area is 199 Å². The van der Waals surface area contributed by atoms with Gasteiger partial charge < -0.3 is 10.2 Å². The molecule has 0 unspecified atom stereocenters. The number of guanidine groups is 1. The summed E-state index contributed by atoms with van der Waals surface area (Å²) in [5.41, 5.74) is 2.78. The Hall–Kier alpha value is -0.870. The molecule has 1 saturated heterocycles. The highest BCUT2D eigenvalue weighted by Gasteiger charge is 2.41. The molecule has 2 heterocycles. The van der Waals surface area contributed by atoms with Crippen LogP contribution in [0.25, 0.3) is 0 Å². The number of benzene rings is 1. The van der Waals surface area contributed by atoms with Gasteiger partial charge in [-0.15, -0.1) is 24.0 Å². The van der Waals surface area contributed by atoms with Gasteiger partial charge >= 0.3 is 0 Å². The summed E-state index contributed by atoms with van der Waals surface area (Å²) < 4.78 is 24.0. The molecule has 0 saturated carbocycles. The van der Waals surface area contributed by atoms with Crippen molar-refractivity contribution in [1.82, 2.24) is 15.1 Å². The van der Waals surface area contributed by atoms with Crippen LogP contribution in [0.5, 0.6) is 0 Å². The SMILES string of the molecule is CCNC(=NCC(C)(C)N1CCc2ccccc2C1)N1CCS(=O)(=O)C(C)(C)C1.I. The molecule has 2 aliphatic heterocycles. The lowest BCUT2D eigenvalue weighted by Crippen LogP contribution is -2.57. The monoisotopic (exact) mass is 548 g/mol. The molecule has 1 aromatic rings. The highest BCUT2D eigenvalue weighted by Crippen LogP contribution is 2.26. The lowest BCUT2D eigenvalue weighted by atomic mass is 9.94. The first kappa shape index (κ1) is 25.4. The molecule has 1 N–H and O–H groups in total. The van der Waals surface area contributed by atoms with Gasteiger partial charge in [-0.05, 0) is 52.2 Å². The molecule has 0 aliphatic carbocycles. The molecule has 2 aliphatic rings. The molecule has 170 valence electrons. The Bertz CT molecular complexity index is 868. The van der Waals surface area contributed by atoms with E-state index in [1.165, 1.54) is 11.1 Å². The Kier molecular flexibility index (Phi) is 8.23. The molecule has 0 atom stereocenters. The largest absolute Gasteiger partial charge is 0.357 e. The zero-order valence-corrected chi connectivity index (χ0v) is 22.1. The van der Waals surface area contributed by atoms with Gasteiger partial charge in [0.25, 0.3) is 0 Å². The van der Waals surface area contributed by atoms with Crippen LogP contribution in [-0.4, -0.2) is 72.9 Å². The number of rotatable bonds is 4. The molecule has 8 heteroatoms. The molecule has 0 amide bonds. The Morgan fingerprint density at radius 3 is 2.50 bits per heavy atom. The summed E-state index contributed by atoms with van der Waals surface area (Å²) >= 11 is 0. The predicted molar refractivity (Wildman–Crippen MR) is 135 cm³/mol. The van der Waals surface area contributed by atoms with Crippen molar-refractivity contribution in [1.29, 1.82) is 0 Å². The number of halogens is 1. The summed E-state index contributed by atoms with van der Waals surface area (Å²) in [4.78, 5) is 9.56. The molecule has 1 fully saturated rings. The first-order chi connectivity index (χ1) is 13.6. The van der Waals surface area contributed by atoms with E-state index >= 15 is 0 Å². The first-order valence-corrected chi connectivity index (χ1v) is 12.3. The summed E-state index contributed by atoms with van der Waals surface area (Å²) in [6.45, 7) is 14.6. The number of aliphatic imine (C=N–C) groups is 1. The second kappa shape index (κ2) is 9.73. The van der Waals surface area contributed by atoms with E-state index in [-0.39, 0.29) is 35.3 Å². The van der Waals surface area contributed by atoms with Crippen molar-refractivity contribution in [3.05, 3.63) is 35.4 Å². The van der Waals surface area contributed by atoms with Gasteiger partial charge in [-0.3, -0.25) is 9.89 Å². The van der Waals surface area contributed by atoms with Crippen LogP contribution >= 0.6 is 24.0 Å². The predicted octanol–water partition coefficient (Wildman–Crippen LogP) is 2.92. The maximum atomic E-state index is 12.4. The third-order valence-electron chi connectivity index (χ3n) is 6.28. The third kappa shape index (κ3) is 5.48. The van der Waals surface area contributed by atoms with Gasteiger partial charge in [-0.25, -0.2) is 8.42 Å². The summed E-state index contributed by atoms with van der Waals surface area (Å²) in [5.74, 6) is 0.998. The minimum atomic E-state index is -3.06. The fourth-order valence-corrected chi connectivity index (χ4v) is 5.50. The van der Waals surface area contributed by atoms with Gasteiger partial charge in [0, 0.05) is 38.3 Å². The number of hydrogen-bond donors (Lipinski definition) is 1. The Morgan fingerprint density at radius 1 is 1.20 bits per heavy atom. The van der Waals surface area contributed by atoms with Gasteiger partial charge in [0.05, 0.1) is 17.0 Å². The van der Waals surface area contributed by atoms with Crippen molar-refractivity contribution in [2.75, 3.05) is 38.5 Å². The second-order valence-corrected chi connectivity index (χ2v) is 12.2. The van der Waals surface area contributed by atoms with Crippen molar-refractivity contribution in [2.24, 2.45) is 4.99 Å². The molecule has 0 radical (unpaired) electrons. The molecular weight excluding hydrogens is 511 g/mol. The summed E-state index contributed by atoms with van der Waals surface area (Å²) in [7, 11) is -3.06. The number of nitrogens with zero attached hydrogens (tertiary/aromatic N) is 3. The van der Waals surface area contributed by atoms with Crippen LogP contribution in [0, 0.1) is 0 Å². The standard InChI is InChI=1S/C22H36N4O2S.HI/c1-6-23-20(25-13-14-29(27,28)22(4,5)17-25)24-16-21(2,3)26-12-11-18-9-7-8-10-19(18)15-26;/h7-10H,6,11-17H2,1-5H3,(H,23,24);1H. The zero-order chi connectivity index (χ0) is 21.3. The zero-order valence-electron chi connectivity index (χ0n) is 18.9. The molecule has 0 spiro atoms. The number of fused-ring (bicyclic) bond motifs is 1. The quantitative estimate of drug-likeness (QED) is 0.356. The van der Waals surface area contributed by atoms with Crippen LogP contribution in [0.3, 0.4) is 0 Å². The van der Waals surface area contributed by atoms with Crippen LogP contribution in [0.15, 0.2) is 29.3 Å². The smallest absolute Gasteiger partial charge is 0.194 e. The van der Waals surface area contributed by atoms with Gasteiger partial charge in [-0.1, -0.05) is 24.3 Å². The highest BCUT2D eigenvalue weighted by molar-refractivity contribution is 14.0. The topological polar surface area (TPSA) is 65.0 Å². The highest BCUT2D eigenvalue weighted by atomic mass is 127. The van der Waals surface area contributed by atoms with Crippen molar-refractivity contribution in [3.8, 4) is 0 Å². The molecule has 0 aromatic heterocycles. The van der Waals surface area contributed by atoms with Gasteiger partial charge in [-0.2, -0.15) is 0 Å². The average molecular weight is 549 g/mol. The fraction of sp³-hybridized carbons (Fsp3) is 0.682. The maximum Gasteiger partial charge on any atom is 0.194 e. The van der Waals surface area contributed by atoms with Crippen molar-refractivity contribution < 1.29 is 8.42 Å². The maximum absolute atomic E-state index is 12.4. The molecule has 1 aromatic carbocycles. The van der Waals surface area contributed by atoms with Crippen LogP contribution in [0.2, 0.25) is 0 Å². The average Bonchev–Trinajstić information content (AvgIpc) is 2.67. The van der Waals surface area contributed by atoms with E-state index in [1.54, 1.807) is 0 Å². The van der Waals surface area contributed by atoms with Crippen molar-refractivity contribution >= 4 is 39.8 Å². The third-order valence-corrected chi connectivity index (χ3v) is 8.81. The van der Waals surface area contributed by atoms with Crippen LogP contribution in [0.4, 0.5) is 0 Å².